The fourth-order valence-corrected chi connectivity index (χ4v) is 4.34. The van der Waals surface area contributed by atoms with Crippen molar-refractivity contribution in [2.24, 2.45) is 0 Å². The average molecular weight is 538 g/mol. The predicted octanol–water partition coefficient (Wildman–Crippen LogP) is 4.04. The number of hydrogen-bond donors (Lipinski definition) is 0. The Balaban J connectivity index is 1.24. The summed E-state index contributed by atoms with van der Waals surface area (Å²) in [5, 5.41) is 0. The number of halogens is 1. The topological polar surface area (TPSA) is 92.8 Å². The number of fused-ring (bicyclic) bond motifs is 1. The summed E-state index contributed by atoms with van der Waals surface area (Å²) in [6, 6.07) is 16.5. The zero-order valence-electron chi connectivity index (χ0n) is 21.4. The van der Waals surface area contributed by atoms with Crippen LogP contribution in [0.1, 0.15) is 33.3 Å². The molecular formula is C29H28FNO8. The number of esters is 1. The van der Waals surface area contributed by atoms with E-state index in [4.69, 9.17) is 28.4 Å². The van der Waals surface area contributed by atoms with Crippen molar-refractivity contribution in [3.05, 3.63) is 88.7 Å². The number of morpholine rings is 1. The molecule has 39 heavy (non-hydrogen) atoms. The molecule has 0 radical (unpaired) electrons. The Morgan fingerprint density at radius 2 is 1.82 bits per heavy atom. The molecule has 0 saturated carbocycles. The summed E-state index contributed by atoms with van der Waals surface area (Å²) in [4.78, 5) is 26.9. The summed E-state index contributed by atoms with van der Waals surface area (Å²) in [7, 11) is 1.43. The van der Waals surface area contributed by atoms with Gasteiger partial charge in [-0.1, -0.05) is 30.3 Å². The maximum absolute atomic E-state index is 14.3. The van der Waals surface area contributed by atoms with Crippen LogP contribution >= 0.6 is 0 Å². The minimum atomic E-state index is -0.662. The number of nitrogens with zero attached hydrogens (tertiary/aromatic N) is 1. The maximum Gasteiger partial charge on any atom is 0.338 e. The molecule has 2 heterocycles. The molecule has 0 unspecified atom stereocenters. The molecule has 1 atom stereocenters. The van der Waals surface area contributed by atoms with Crippen molar-refractivity contribution >= 4 is 11.9 Å². The minimum Gasteiger partial charge on any atom is -0.493 e. The van der Waals surface area contributed by atoms with Crippen LogP contribution < -0.4 is 14.2 Å². The standard InChI is InChI=1S/C29H28FNO8/c1-34-25-15-20(7-8-24(25)36-18-26(32)31-9-11-35-12-10-31)28(33)37-16-21-13-23(30)14-22-17-38-29(39-27(21)22)19-5-3-2-4-6-19/h2-8,13-15,29H,9-12,16-18H2,1H3/t29-/m1/s1. The van der Waals surface area contributed by atoms with Crippen molar-refractivity contribution in [3.8, 4) is 17.2 Å². The smallest absolute Gasteiger partial charge is 0.338 e. The number of ether oxygens (including phenoxy) is 6. The van der Waals surface area contributed by atoms with E-state index in [0.29, 0.717) is 48.9 Å². The van der Waals surface area contributed by atoms with Crippen LogP contribution in [0.4, 0.5) is 4.39 Å². The molecule has 0 aliphatic carbocycles. The molecule has 1 saturated heterocycles. The molecule has 0 spiro atoms. The lowest BCUT2D eigenvalue weighted by Crippen LogP contribution is -2.43. The van der Waals surface area contributed by atoms with E-state index < -0.39 is 18.1 Å². The molecule has 204 valence electrons. The van der Waals surface area contributed by atoms with Crippen LogP contribution in [-0.2, 0) is 32.2 Å². The van der Waals surface area contributed by atoms with Gasteiger partial charge >= 0.3 is 5.97 Å². The summed E-state index contributed by atoms with van der Waals surface area (Å²) in [5.41, 5.74) is 1.94. The van der Waals surface area contributed by atoms with Gasteiger partial charge in [-0.15, -0.1) is 0 Å². The lowest BCUT2D eigenvalue weighted by Gasteiger charge is -2.28. The zero-order valence-corrected chi connectivity index (χ0v) is 21.4. The van der Waals surface area contributed by atoms with Crippen molar-refractivity contribution in [2.75, 3.05) is 40.0 Å². The Labute approximate surface area is 224 Å². The molecule has 9 nitrogen and oxygen atoms in total. The quantitative estimate of drug-likeness (QED) is 0.398. The van der Waals surface area contributed by atoms with E-state index in [0.717, 1.165) is 5.56 Å². The van der Waals surface area contributed by atoms with Crippen LogP contribution in [0.5, 0.6) is 17.2 Å². The average Bonchev–Trinajstić information content (AvgIpc) is 2.99. The van der Waals surface area contributed by atoms with Gasteiger partial charge < -0.3 is 33.3 Å². The Kier molecular flexibility index (Phi) is 8.24. The van der Waals surface area contributed by atoms with Crippen molar-refractivity contribution in [1.82, 2.24) is 4.90 Å². The van der Waals surface area contributed by atoms with Crippen molar-refractivity contribution in [1.29, 1.82) is 0 Å². The van der Waals surface area contributed by atoms with E-state index in [-0.39, 0.29) is 37.0 Å². The van der Waals surface area contributed by atoms with Crippen LogP contribution in [-0.4, -0.2) is 56.8 Å². The summed E-state index contributed by atoms with van der Waals surface area (Å²) >= 11 is 0. The van der Waals surface area contributed by atoms with E-state index >= 15 is 0 Å². The highest BCUT2D eigenvalue weighted by atomic mass is 19.1. The molecule has 3 aromatic rings. The Morgan fingerprint density at radius 1 is 1.03 bits per heavy atom. The molecule has 2 aliphatic rings. The van der Waals surface area contributed by atoms with Gasteiger partial charge in [0, 0.05) is 29.8 Å². The molecule has 5 rings (SSSR count). The monoisotopic (exact) mass is 537 g/mol. The first kappa shape index (κ1) is 26.5. The van der Waals surface area contributed by atoms with Crippen molar-refractivity contribution < 1.29 is 42.4 Å². The van der Waals surface area contributed by atoms with Crippen molar-refractivity contribution in [3.63, 3.8) is 0 Å². The largest absolute Gasteiger partial charge is 0.493 e. The van der Waals surface area contributed by atoms with Gasteiger partial charge in [-0.05, 0) is 30.3 Å². The lowest BCUT2D eigenvalue weighted by atomic mass is 10.1. The second-order valence-electron chi connectivity index (χ2n) is 8.95. The van der Waals surface area contributed by atoms with Crippen LogP contribution in [0.25, 0.3) is 0 Å². The molecule has 2 aliphatic heterocycles. The van der Waals surface area contributed by atoms with Crippen LogP contribution in [0.2, 0.25) is 0 Å². The molecule has 0 N–H and O–H groups in total. The Bertz CT molecular complexity index is 1330. The Hall–Kier alpha value is -4.15. The first-order valence-electron chi connectivity index (χ1n) is 12.5. The predicted molar refractivity (Wildman–Crippen MR) is 136 cm³/mol. The van der Waals surface area contributed by atoms with Gasteiger partial charge in [0.05, 0.1) is 32.5 Å². The fraction of sp³-hybridized carbons (Fsp3) is 0.310. The van der Waals surface area contributed by atoms with Gasteiger partial charge in [-0.25, -0.2) is 9.18 Å². The number of methoxy groups -OCH3 is 1. The van der Waals surface area contributed by atoms with Crippen LogP contribution in [0.3, 0.4) is 0 Å². The highest BCUT2D eigenvalue weighted by Crippen LogP contribution is 2.37. The van der Waals surface area contributed by atoms with Gasteiger partial charge in [-0.3, -0.25) is 4.79 Å². The first-order chi connectivity index (χ1) is 19.0. The minimum absolute atomic E-state index is 0.153. The Morgan fingerprint density at radius 3 is 2.59 bits per heavy atom. The number of carbonyl (C=O) groups is 2. The molecule has 0 bridgehead atoms. The summed E-state index contributed by atoms with van der Waals surface area (Å²) in [5.74, 6) is -0.280. The number of rotatable bonds is 8. The molecule has 1 fully saturated rings. The SMILES string of the molecule is COc1cc(C(=O)OCc2cc(F)cc3c2O[C@H](c2ccccc2)OC3)ccc1OCC(=O)N1CCOCC1. The molecule has 1 amide bonds. The molecule has 10 heteroatoms. The van der Waals surface area contributed by atoms with Gasteiger partial charge in [0.2, 0.25) is 6.29 Å². The first-order valence-corrected chi connectivity index (χ1v) is 12.5. The second kappa shape index (κ2) is 12.1. The second-order valence-corrected chi connectivity index (χ2v) is 8.95. The van der Waals surface area contributed by atoms with Gasteiger partial charge in [0.25, 0.3) is 5.91 Å². The number of amides is 1. The van der Waals surface area contributed by atoms with E-state index in [2.05, 4.69) is 0 Å². The zero-order chi connectivity index (χ0) is 27.2. The normalized spacial score (nSPS) is 16.6. The van der Waals surface area contributed by atoms with E-state index in [1.807, 2.05) is 30.3 Å². The molecule has 0 aromatic heterocycles. The van der Waals surface area contributed by atoms with E-state index in [9.17, 15) is 14.0 Å². The fourth-order valence-electron chi connectivity index (χ4n) is 4.34. The number of benzene rings is 3. The third-order valence-corrected chi connectivity index (χ3v) is 6.37. The summed E-state index contributed by atoms with van der Waals surface area (Å²) in [6.07, 6.45) is -0.662. The molecular weight excluding hydrogens is 509 g/mol. The van der Waals surface area contributed by atoms with Gasteiger partial charge in [0.15, 0.2) is 18.1 Å². The lowest BCUT2D eigenvalue weighted by molar-refractivity contribution is -0.137. The maximum atomic E-state index is 14.3. The van der Waals surface area contributed by atoms with Crippen LogP contribution in [0, 0.1) is 5.82 Å². The summed E-state index contributed by atoms with van der Waals surface area (Å²) < 4.78 is 47.8. The van der Waals surface area contributed by atoms with Crippen molar-refractivity contribution in [2.45, 2.75) is 19.5 Å². The van der Waals surface area contributed by atoms with E-state index in [1.54, 1.807) is 4.90 Å². The van der Waals surface area contributed by atoms with Gasteiger partial charge in [-0.2, -0.15) is 0 Å². The van der Waals surface area contributed by atoms with Crippen LogP contribution in [0.15, 0.2) is 60.7 Å². The highest BCUT2D eigenvalue weighted by molar-refractivity contribution is 5.90. The highest BCUT2D eigenvalue weighted by Gasteiger charge is 2.26. The third kappa shape index (κ3) is 6.30. The number of carbonyl (C=O) groups excluding carboxylic acids is 2. The summed E-state index contributed by atoms with van der Waals surface area (Å²) in [6.45, 7) is 1.80. The molecule has 3 aromatic carbocycles. The van der Waals surface area contributed by atoms with Gasteiger partial charge in [0.1, 0.15) is 18.2 Å². The third-order valence-electron chi connectivity index (χ3n) is 6.37. The number of hydrogen-bond acceptors (Lipinski definition) is 8. The van der Waals surface area contributed by atoms with E-state index in [1.165, 1.54) is 37.4 Å².